The standard InChI is InChI=1S/C21H32O/c1-2-3-4-5-6-7-8-9-10-11-12-13-14-16-20-17-15-18-21(22)19-20/h2-3,5-6,15,17-19,22H,4,7-14,16H2,1H3/b3-2+,6-5+. The normalized spacial score (nSPS) is 11.7. The van der Waals surface area contributed by atoms with Crippen molar-refractivity contribution >= 4 is 0 Å². The molecule has 0 amide bonds. The van der Waals surface area contributed by atoms with E-state index in [2.05, 4.69) is 37.3 Å². The fourth-order valence-electron chi connectivity index (χ4n) is 2.62. The number of aryl methyl sites for hydroxylation is 1. The van der Waals surface area contributed by atoms with Crippen molar-refractivity contribution < 1.29 is 5.11 Å². The van der Waals surface area contributed by atoms with Gasteiger partial charge in [0.05, 0.1) is 0 Å². The topological polar surface area (TPSA) is 20.2 Å². The number of rotatable bonds is 12. The molecule has 1 N–H and O–H groups in total. The minimum absolute atomic E-state index is 0.386. The van der Waals surface area contributed by atoms with Crippen LogP contribution in [0.2, 0.25) is 0 Å². The van der Waals surface area contributed by atoms with Crippen LogP contribution in [0.4, 0.5) is 0 Å². The van der Waals surface area contributed by atoms with Gasteiger partial charge in [0.1, 0.15) is 5.75 Å². The first kappa shape index (κ1) is 18.5. The molecule has 0 atom stereocenters. The van der Waals surface area contributed by atoms with E-state index in [1.807, 2.05) is 12.1 Å². The Balaban J connectivity index is 1.86. The highest BCUT2D eigenvalue weighted by atomic mass is 16.3. The van der Waals surface area contributed by atoms with Crippen LogP contribution in [0.1, 0.15) is 70.3 Å². The smallest absolute Gasteiger partial charge is 0.115 e. The summed E-state index contributed by atoms with van der Waals surface area (Å²) < 4.78 is 0. The average molecular weight is 300 g/mol. The molecule has 1 heteroatoms. The van der Waals surface area contributed by atoms with Crippen molar-refractivity contribution in [2.45, 2.75) is 71.1 Å². The van der Waals surface area contributed by atoms with E-state index in [-0.39, 0.29) is 0 Å². The summed E-state index contributed by atoms with van der Waals surface area (Å²) in [5, 5.41) is 9.41. The van der Waals surface area contributed by atoms with Crippen LogP contribution in [0.5, 0.6) is 5.75 Å². The van der Waals surface area contributed by atoms with Crippen LogP contribution in [-0.2, 0) is 6.42 Å². The van der Waals surface area contributed by atoms with Gasteiger partial charge < -0.3 is 5.11 Å². The summed E-state index contributed by atoms with van der Waals surface area (Å²) in [6.45, 7) is 2.07. The van der Waals surface area contributed by atoms with Crippen LogP contribution >= 0.6 is 0 Å². The van der Waals surface area contributed by atoms with E-state index < -0.39 is 0 Å². The van der Waals surface area contributed by atoms with Gasteiger partial charge in [0.25, 0.3) is 0 Å². The molecular weight excluding hydrogens is 268 g/mol. The third-order valence-electron chi connectivity index (χ3n) is 3.92. The molecule has 1 rings (SSSR count). The molecule has 0 heterocycles. The molecule has 0 aliphatic heterocycles. The van der Waals surface area contributed by atoms with Crippen molar-refractivity contribution in [1.82, 2.24) is 0 Å². The first-order valence-corrected chi connectivity index (χ1v) is 8.87. The van der Waals surface area contributed by atoms with Crippen LogP contribution in [0.15, 0.2) is 48.6 Å². The molecule has 1 nitrogen and oxygen atoms in total. The molecule has 0 radical (unpaired) electrons. The summed E-state index contributed by atoms with van der Waals surface area (Å²) in [7, 11) is 0. The maximum atomic E-state index is 9.41. The highest BCUT2D eigenvalue weighted by Crippen LogP contribution is 2.15. The highest BCUT2D eigenvalue weighted by Gasteiger charge is 1.96. The number of aromatic hydroxyl groups is 1. The van der Waals surface area contributed by atoms with E-state index >= 15 is 0 Å². The van der Waals surface area contributed by atoms with Crippen molar-refractivity contribution in [1.29, 1.82) is 0 Å². The average Bonchev–Trinajstić information content (AvgIpc) is 2.52. The molecule has 1 aromatic carbocycles. The van der Waals surface area contributed by atoms with Gasteiger partial charge in [-0.25, -0.2) is 0 Å². The second-order valence-corrected chi connectivity index (χ2v) is 5.96. The molecule has 0 fully saturated rings. The Kier molecular flexibility index (Phi) is 11.1. The second-order valence-electron chi connectivity index (χ2n) is 5.96. The molecule has 0 bridgehead atoms. The van der Waals surface area contributed by atoms with Crippen LogP contribution in [-0.4, -0.2) is 5.11 Å². The lowest BCUT2D eigenvalue weighted by molar-refractivity contribution is 0.474. The number of unbranched alkanes of at least 4 members (excludes halogenated alkanes) is 7. The van der Waals surface area contributed by atoms with Gasteiger partial charge in [-0.05, 0) is 56.7 Å². The quantitative estimate of drug-likeness (QED) is 0.341. The fourth-order valence-corrected chi connectivity index (χ4v) is 2.62. The number of benzene rings is 1. The van der Waals surface area contributed by atoms with Crippen molar-refractivity contribution in [3.63, 3.8) is 0 Å². The summed E-state index contributed by atoms with van der Waals surface area (Å²) in [5.74, 6) is 0.386. The fraction of sp³-hybridized carbons (Fsp3) is 0.524. The van der Waals surface area contributed by atoms with Crippen LogP contribution in [0.3, 0.4) is 0 Å². The molecule has 0 saturated heterocycles. The molecule has 0 unspecified atom stereocenters. The summed E-state index contributed by atoms with van der Waals surface area (Å²) in [4.78, 5) is 0. The Bertz CT molecular complexity index is 431. The molecule has 0 aliphatic carbocycles. The molecule has 122 valence electrons. The van der Waals surface area contributed by atoms with E-state index in [1.165, 1.54) is 56.9 Å². The van der Waals surface area contributed by atoms with Crippen LogP contribution in [0.25, 0.3) is 0 Å². The lowest BCUT2D eigenvalue weighted by Gasteiger charge is -2.03. The Labute approximate surface area is 136 Å². The number of allylic oxidation sites excluding steroid dienone is 4. The second kappa shape index (κ2) is 13.2. The van der Waals surface area contributed by atoms with Gasteiger partial charge in [-0.3, -0.25) is 0 Å². The highest BCUT2D eigenvalue weighted by molar-refractivity contribution is 5.27. The first-order valence-electron chi connectivity index (χ1n) is 8.87. The SMILES string of the molecule is C/C=C/C/C=C/CCCCCCCCCc1cccc(O)c1. The predicted octanol–water partition coefficient (Wildman–Crippen LogP) is 6.58. The zero-order valence-corrected chi connectivity index (χ0v) is 14.1. The van der Waals surface area contributed by atoms with Gasteiger partial charge in [-0.15, -0.1) is 0 Å². The Morgan fingerprint density at radius 1 is 0.864 bits per heavy atom. The molecule has 1 aromatic rings. The third-order valence-corrected chi connectivity index (χ3v) is 3.92. The van der Waals surface area contributed by atoms with E-state index in [0.29, 0.717) is 5.75 Å². The monoisotopic (exact) mass is 300 g/mol. The summed E-state index contributed by atoms with van der Waals surface area (Å²) >= 11 is 0. The van der Waals surface area contributed by atoms with E-state index in [9.17, 15) is 5.11 Å². The minimum Gasteiger partial charge on any atom is -0.508 e. The zero-order valence-electron chi connectivity index (χ0n) is 14.1. The largest absolute Gasteiger partial charge is 0.508 e. The predicted molar refractivity (Wildman–Crippen MR) is 97.3 cm³/mol. The Morgan fingerprint density at radius 3 is 2.32 bits per heavy atom. The lowest BCUT2D eigenvalue weighted by atomic mass is 10.0. The van der Waals surface area contributed by atoms with Crippen molar-refractivity contribution in [3.8, 4) is 5.75 Å². The van der Waals surface area contributed by atoms with E-state index in [0.717, 1.165) is 12.8 Å². The molecule has 0 saturated carbocycles. The zero-order chi connectivity index (χ0) is 15.9. The van der Waals surface area contributed by atoms with E-state index in [4.69, 9.17) is 0 Å². The van der Waals surface area contributed by atoms with Crippen LogP contribution in [0, 0.1) is 0 Å². The number of phenolic OH excluding ortho intramolecular Hbond substituents is 1. The van der Waals surface area contributed by atoms with Gasteiger partial charge >= 0.3 is 0 Å². The first-order chi connectivity index (χ1) is 10.8. The van der Waals surface area contributed by atoms with Crippen molar-refractivity contribution in [3.05, 3.63) is 54.1 Å². The molecule has 0 aromatic heterocycles. The maximum absolute atomic E-state index is 9.41. The summed E-state index contributed by atoms with van der Waals surface area (Å²) in [6, 6.07) is 7.64. The Morgan fingerprint density at radius 2 is 1.59 bits per heavy atom. The summed E-state index contributed by atoms with van der Waals surface area (Å²) in [6.07, 6.45) is 21.6. The minimum atomic E-state index is 0.386. The van der Waals surface area contributed by atoms with Gasteiger partial charge in [0.15, 0.2) is 0 Å². The van der Waals surface area contributed by atoms with Gasteiger partial charge in [-0.2, -0.15) is 0 Å². The third kappa shape index (κ3) is 10.3. The molecule has 22 heavy (non-hydrogen) atoms. The lowest BCUT2D eigenvalue weighted by Crippen LogP contribution is -1.86. The molecule has 0 spiro atoms. The van der Waals surface area contributed by atoms with Crippen LogP contribution < -0.4 is 0 Å². The maximum Gasteiger partial charge on any atom is 0.115 e. The number of hydrogen-bond donors (Lipinski definition) is 1. The van der Waals surface area contributed by atoms with Gasteiger partial charge in [-0.1, -0.05) is 68.5 Å². The molecular formula is C21H32O. The summed E-state index contributed by atoms with van der Waals surface area (Å²) in [5.41, 5.74) is 1.25. The van der Waals surface area contributed by atoms with Crippen molar-refractivity contribution in [2.24, 2.45) is 0 Å². The Hall–Kier alpha value is -1.50. The van der Waals surface area contributed by atoms with E-state index in [1.54, 1.807) is 6.07 Å². The molecule has 0 aliphatic rings. The van der Waals surface area contributed by atoms with Gasteiger partial charge in [0.2, 0.25) is 0 Å². The number of phenols is 1. The van der Waals surface area contributed by atoms with Crippen molar-refractivity contribution in [2.75, 3.05) is 0 Å². The number of hydrogen-bond acceptors (Lipinski definition) is 1. The van der Waals surface area contributed by atoms with Gasteiger partial charge in [0, 0.05) is 0 Å².